The molecule has 0 rings (SSSR count). The van der Waals surface area contributed by atoms with Crippen LogP contribution >= 0.6 is 0 Å². The molecule has 0 aliphatic rings. The first-order valence-electron chi connectivity index (χ1n) is 2.54. The first kappa shape index (κ1) is 7.41. The minimum Gasteiger partial charge on any atom is -0.396 e. The topological polar surface area (TPSA) is 70.0 Å². The maximum Gasteiger partial charge on any atom is 0.0638 e. The summed E-state index contributed by atoms with van der Waals surface area (Å²) < 4.78 is 0. The van der Waals surface area contributed by atoms with Crippen LogP contribution < -0.4 is 5.73 Å². The molecule has 0 amide bonds. The highest BCUT2D eigenvalue weighted by Crippen LogP contribution is 1.89. The van der Waals surface area contributed by atoms with Gasteiger partial charge in [0.05, 0.1) is 12.5 Å². The lowest BCUT2D eigenvalue weighted by molar-refractivity contribution is 0.276. The van der Waals surface area contributed by atoms with Gasteiger partial charge in [0, 0.05) is 12.6 Å². The van der Waals surface area contributed by atoms with Crippen molar-refractivity contribution in [3.8, 4) is 6.07 Å². The van der Waals surface area contributed by atoms with Gasteiger partial charge >= 0.3 is 0 Å². The van der Waals surface area contributed by atoms with Crippen molar-refractivity contribution in [2.45, 2.75) is 18.9 Å². The summed E-state index contributed by atoms with van der Waals surface area (Å²) in [6, 6.07) is 1.77. The van der Waals surface area contributed by atoms with Crippen molar-refractivity contribution >= 4 is 0 Å². The molecule has 0 spiro atoms. The highest BCUT2D eigenvalue weighted by atomic mass is 16.3. The minimum atomic E-state index is -0.148. The Kier molecular flexibility index (Phi) is 4.23. The maximum absolute atomic E-state index is 8.27. The predicted octanol–water partition coefficient (Wildman–Crippen LogP) is -0.390. The van der Waals surface area contributed by atoms with Gasteiger partial charge in [-0.2, -0.15) is 5.26 Å². The van der Waals surface area contributed by atoms with E-state index in [0.717, 1.165) is 0 Å². The van der Waals surface area contributed by atoms with Gasteiger partial charge in [-0.15, -0.1) is 0 Å². The molecule has 0 fully saturated rings. The van der Waals surface area contributed by atoms with E-state index in [9.17, 15) is 0 Å². The SMILES string of the molecule is N#CCC(N)CCO. The molecule has 0 aromatic rings. The number of hydrogen-bond acceptors (Lipinski definition) is 3. The summed E-state index contributed by atoms with van der Waals surface area (Å²) in [5, 5.41) is 16.3. The smallest absolute Gasteiger partial charge is 0.0638 e. The summed E-state index contributed by atoms with van der Waals surface area (Å²) >= 11 is 0. The van der Waals surface area contributed by atoms with Gasteiger partial charge in [0.15, 0.2) is 0 Å². The molecule has 3 nitrogen and oxygen atoms in total. The van der Waals surface area contributed by atoms with E-state index in [1.54, 1.807) is 0 Å². The molecule has 0 aliphatic carbocycles. The molecule has 0 aromatic carbocycles. The van der Waals surface area contributed by atoms with Gasteiger partial charge in [-0.1, -0.05) is 0 Å². The Bertz CT molecular complexity index is 86.9. The normalized spacial score (nSPS) is 12.6. The second-order valence-corrected chi connectivity index (χ2v) is 1.63. The fourth-order valence-corrected chi connectivity index (χ4v) is 0.385. The van der Waals surface area contributed by atoms with Gasteiger partial charge in [0.2, 0.25) is 0 Å². The van der Waals surface area contributed by atoms with Gasteiger partial charge in [-0.25, -0.2) is 0 Å². The van der Waals surface area contributed by atoms with Crippen LogP contribution in [0.2, 0.25) is 0 Å². The van der Waals surface area contributed by atoms with Crippen molar-refractivity contribution in [3.05, 3.63) is 0 Å². The average molecular weight is 114 g/mol. The number of nitriles is 1. The van der Waals surface area contributed by atoms with E-state index in [1.165, 1.54) is 0 Å². The van der Waals surface area contributed by atoms with Gasteiger partial charge in [-0.05, 0) is 6.42 Å². The molecular weight excluding hydrogens is 104 g/mol. The standard InChI is InChI=1S/C5H10N2O/c6-3-1-5(7)2-4-8/h5,8H,1-2,4,7H2. The predicted molar refractivity (Wildman–Crippen MR) is 29.9 cm³/mol. The van der Waals surface area contributed by atoms with Crippen molar-refractivity contribution in [1.82, 2.24) is 0 Å². The summed E-state index contributed by atoms with van der Waals surface area (Å²) in [5.41, 5.74) is 5.31. The third kappa shape index (κ3) is 3.59. The zero-order valence-electron chi connectivity index (χ0n) is 4.67. The minimum absolute atomic E-state index is 0.0723. The molecular formula is C5H10N2O. The van der Waals surface area contributed by atoms with E-state index < -0.39 is 0 Å². The van der Waals surface area contributed by atoms with Crippen molar-refractivity contribution in [2.24, 2.45) is 5.73 Å². The summed E-state index contributed by atoms with van der Waals surface area (Å²) in [6.45, 7) is 0.0723. The van der Waals surface area contributed by atoms with E-state index in [0.29, 0.717) is 12.8 Å². The Labute approximate surface area is 48.7 Å². The zero-order chi connectivity index (χ0) is 6.41. The van der Waals surface area contributed by atoms with Crippen molar-refractivity contribution in [2.75, 3.05) is 6.61 Å². The quantitative estimate of drug-likeness (QED) is 0.525. The first-order chi connectivity index (χ1) is 3.81. The van der Waals surface area contributed by atoms with E-state index in [4.69, 9.17) is 16.1 Å². The first-order valence-corrected chi connectivity index (χ1v) is 2.54. The maximum atomic E-state index is 8.27. The summed E-state index contributed by atoms with van der Waals surface area (Å²) in [5.74, 6) is 0. The Morgan fingerprint density at radius 2 is 2.38 bits per heavy atom. The monoisotopic (exact) mass is 114 g/mol. The van der Waals surface area contributed by atoms with Gasteiger partial charge in [0.25, 0.3) is 0 Å². The van der Waals surface area contributed by atoms with Crippen LogP contribution in [0.4, 0.5) is 0 Å². The van der Waals surface area contributed by atoms with Crippen LogP contribution in [0.25, 0.3) is 0 Å². The third-order valence-corrected chi connectivity index (χ3v) is 0.853. The van der Waals surface area contributed by atoms with Crippen molar-refractivity contribution in [1.29, 1.82) is 5.26 Å². The van der Waals surface area contributed by atoms with Crippen LogP contribution in [0, 0.1) is 11.3 Å². The summed E-state index contributed by atoms with van der Waals surface area (Å²) in [7, 11) is 0. The van der Waals surface area contributed by atoms with Crippen LogP contribution in [-0.2, 0) is 0 Å². The largest absolute Gasteiger partial charge is 0.396 e. The third-order valence-electron chi connectivity index (χ3n) is 0.853. The van der Waals surface area contributed by atoms with Gasteiger partial charge in [-0.3, -0.25) is 0 Å². The van der Waals surface area contributed by atoms with Crippen LogP contribution in [0.1, 0.15) is 12.8 Å². The molecule has 0 heterocycles. The number of nitrogens with zero attached hydrogens (tertiary/aromatic N) is 1. The Balaban J connectivity index is 3.08. The molecule has 0 saturated heterocycles. The van der Waals surface area contributed by atoms with Crippen LogP contribution in [0.15, 0.2) is 0 Å². The molecule has 8 heavy (non-hydrogen) atoms. The number of rotatable bonds is 3. The molecule has 1 unspecified atom stereocenters. The van der Waals surface area contributed by atoms with E-state index in [1.807, 2.05) is 6.07 Å². The summed E-state index contributed by atoms with van der Waals surface area (Å²) in [6.07, 6.45) is 0.855. The van der Waals surface area contributed by atoms with Crippen LogP contribution in [0.5, 0.6) is 0 Å². The fourth-order valence-electron chi connectivity index (χ4n) is 0.385. The molecule has 3 heteroatoms. The molecule has 46 valence electrons. The molecule has 0 saturated carbocycles. The average Bonchev–Trinajstić information content (AvgIpc) is 1.68. The Morgan fingerprint density at radius 1 is 1.75 bits per heavy atom. The molecule has 0 aliphatic heterocycles. The van der Waals surface area contributed by atoms with Gasteiger partial charge in [0.1, 0.15) is 0 Å². The molecule has 0 radical (unpaired) electrons. The van der Waals surface area contributed by atoms with E-state index in [-0.39, 0.29) is 12.6 Å². The van der Waals surface area contributed by atoms with Crippen molar-refractivity contribution < 1.29 is 5.11 Å². The molecule has 0 bridgehead atoms. The number of nitrogens with two attached hydrogens (primary N) is 1. The number of aliphatic hydroxyl groups excluding tert-OH is 1. The molecule has 3 N–H and O–H groups in total. The van der Waals surface area contributed by atoms with Gasteiger partial charge < -0.3 is 10.8 Å². The molecule has 0 aromatic heterocycles. The molecule has 1 atom stereocenters. The second-order valence-electron chi connectivity index (χ2n) is 1.63. The fraction of sp³-hybridized carbons (Fsp3) is 0.800. The lowest BCUT2D eigenvalue weighted by Gasteiger charge is -2.00. The van der Waals surface area contributed by atoms with Crippen LogP contribution in [0.3, 0.4) is 0 Å². The number of hydrogen-bond donors (Lipinski definition) is 2. The Hall–Kier alpha value is -0.590. The second kappa shape index (κ2) is 4.57. The summed E-state index contributed by atoms with van der Waals surface area (Å²) in [4.78, 5) is 0. The highest BCUT2D eigenvalue weighted by Gasteiger charge is 1.97. The lowest BCUT2D eigenvalue weighted by atomic mass is 10.2. The lowest BCUT2D eigenvalue weighted by Crippen LogP contribution is -2.20. The zero-order valence-corrected chi connectivity index (χ0v) is 4.67. The van der Waals surface area contributed by atoms with Crippen LogP contribution in [-0.4, -0.2) is 17.8 Å². The van der Waals surface area contributed by atoms with E-state index >= 15 is 0 Å². The highest BCUT2D eigenvalue weighted by molar-refractivity contribution is 4.77. The number of aliphatic hydroxyl groups is 1. The van der Waals surface area contributed by atoms with Crippen molar-refractivity contribution in [3.63, 3.8) is 0 Å². The van der Waals surface area contributed by atoms with E-state index in [2.05, 4.69) is 0 Å². The Morgan fingerprint density at radius 3 is 2.75 bits per heavy atom.